The summed E-state index contributed by atoms with van der Waals surface area (Å²) in [4.78, 5) is 29.4. The summed E-state index contributed by atoms with van der Waals surface area (Å²) in [5.41, 5.74) is -1.43. The number of halogens is 5. The molecule has 2 aliphatic rings. The molecule has 5 heterocycles. The van der Waals surface area contributed by atoms with E-state index in [1.165, 1.54) is 11.1 Å². The molecule has 5 rings (SSSR count). The number of aromatic nitrogens is 5. The molecule has 1 amide bonds. The summed E-state index contributed by atoms with van der Waals surface area (Å²) >= 11 is 0. The van der Waals surface area contributed by atoms with E-state index < -0.39 is 35.7 Å². The van der Waals surface area contributed by atoms with Crippen LogP contribution in [0, 0.1) is 5.41 Å². The lowest BCUT2D eigenvalue weighted by molar-refractivity contribution is -0.137. The highest BCUT2D eigenvalue weighted by Gasteiger charge is 2.59. The molecule has 8 nitrogen and oxygen atoms in total. The normalized spacial score (nSPS) is 19.7. The molecule has 3 aromatic heterocycles. The fourth-order valence-electron chi connectivity index (χ4n) is 5.47. The molecular formula is C23H24F5N7O. The number of alkyl halides is 5. The quantitative estimate of drug-likeness (QED) is 0.488. The predicted octanol–water partition coefficient (Wildman–Crippen LogP) is 4.31. The Labute approximate surface area is 203 Å². The summed E-state index contributed by atoms with van der Waals surface area (Å²) in [6, 6.07) is 1.80. The lowest BCUT2D eigenvalue weighted by atomic mass is 9.65. The van der Waals surface area contributed by atoms with Crippen LogP contribution in [-0.4, -0.2) is 55.7 Å². The molecule has 0 unspecified atom stereocenters. The molecule has 2 saturated heterocycles. The summed E-state index contributed by atoms with van der Waals surface area (Å²) in [6.45, 7) is 4.18. The van der Waals surface area contributed by atoms with Gasteiger partial charge in [-0.3, -0.25) is 9.69 Å². The van der Waals surface area contributed by atoms with Gasteiger partial charge in [0.05, 0.1) is 18.0 Å². The smallest absolute Gasteiger partial charge is 0.355 e. The van der Waals surface area contributed by atoms with Crippen molar-refractivity contribution in [1.82, 2.24) is 24.7 Å². The van der Waals surface area contributed by atoms with Gasteiger partial charge in [-0.25, -0.2) is 28.4 Å². The van der Waals surface area contributed by atoms with Crippen LogP contribution in [-0.2, 0) is 17.5 Å². The Kier molecular flexibility index (Phi) is 5.63. The molecule has 0 bridgehead atoms. The highest BCUT2D eigenvalue weighted by Crippen LogP contribution is 2.54. The largest absolute Gasteiger partial charge is 0.416 e. The zero-order valence-corrected chi connectivity index (χ0v) is 19.6. The van der Waals surface area contributed by atoms with Gasteiger partial charge < -0.3 is 4.90 Å². The van der Waals surface area contributed by atoms with E-state index in [0.29, 0.717) is 37.3 Å². The maximum absolute atomic E-state index is 13.3. The van der Waals surface area contributed by atoms with Gasteiger partial charge in [0.25, 0.3) is 6.43 Å². The Hall–Kier alpha value is -3.38. The molecule has 2 fully saturated rings. The van der Waals surface area contributed by atoms with E-state index in [-0.39, 0.29) is 23.8 Å². The second-order valence-electron chi connectivity index (χ2n) is 9.79. The standard InChI is InChI=1S/C23H24F5N7O/c1-21(2)22(10-19(36)35(21)17-9-14(3-6-29-17)23(26,27)28)4-7-33(8-5-22)18-12-30-15-11-31-34(13-16(24)25)20(15)32-18/h3,6,9,11-12,16H,4-5,7-8,10,13H2,1-2H3. The number of hydrogen-bond donors (Lipinski definition) is 0. The molecule has 0 aliphatic carbocycles. The van der Waals surface area contributed by atoms with E-state index in [1.54, 1.807) is 6.20 Å². The number of fused-ring (bicyclic) bond motifs is 1. The van der Waals surface area contributed by atoms with Gasteiger partial charge in [-0.2, -0.15) is 18.3 Å². The third-order valence-electron chi connectivity index (χ3n) is 7.59. The molecule has 0 atom stereocenters. The molecule has 0 radical (unpaired) electrons. The second kappa shape index (κ2) is 8.34. The van der Waals surface area contributed by atoms with Crippen LogP contribution >= 0.6 is 0 Å². The second-order valence-corrected chi connectivity index (χ2v) is 9.79. The number of nitrogens with zero attached hydrogens (tertiary/aromatic N) is 7. The average Bonchev–Trinajstić information content (AvgIpc) is 3.28. The van der Waals surface area contributed by atoms with Gasteiger partial charge >= 0.3 is 6.18 Å². The summed E-state index contributed by atoms with van der Waals surface area (Å²) in [7, 11) is 0. The van der Waals surface area contributed by atoms with Crippen molar-refractivity contribution in [1.29, 1.82) is 0 Å². The van der Waals surface area contributed by atoms with Gasteiger partial charge in [0.2, 0.25) is 5.91 Å². The van der Waals surface area contributed by atoms with E-state index in [0.717, 1.165) is 23.0 Å². The molecule has 2 aliphatic heterocycles. The Morgan fingerprint density at radius 3 is 2.47 bits per heavy atom. The van der Waals surface area contributed by atoms with Crippen molar-refractivity contribution < 1.29 is 26.7 Å². The number of pyridine rings is 1. The maximum Gasteiger partial charge on any atom is 0.416 e. The summed E-state index contributed by atoms with van der Waals surface area (Å²) < 4.78 is 66.7. The van der Waals surface area contributed by atoms with Gasteiger partial charge in [0, 0.05) is 36.7 Å². The van der Waals surface area contributed by atoms with E-state index in [4.69, 9.17) is 0 Å². The van der Waals surface area contributed by atoms with E-state index in [1.807, 2.05) is 18.7 Å². The van der Waals surface area contributed by atoms with Crippen molar-refractivity contribution in [3.63, 3.8) is 0 Å². The van der Waals surface area contributed by atoms with Crippen LogP contribution in [0.3, 0.4) is 0 Å². The van der Waals surface area contributed by atoms with Gasteiger partial charge in [-0.1, -0.05) is 0 Å². The maximum atomic E-state index is 13.3. The van der Waals surface area contributed by atoms with Crippen molar-refractivity contribution in [3.05, 3.63) is 36.3 Å². The van der Waals surface area contributed by atoms with Crippen molar-refractivity contribution in [2.75, 3.05) is 22.9 Å². The average molecular weight is 509 g/mol. The number of carbonyl (C=O) groups is 1. The van der Waals surface area contributed by atoms with Gasteiger partial charge in [0.1, 0.15) is 23.7 Å². The molecule has 0 aromatic carbocycles. The van der Waals surface area contributed by atoms with Crippen LogP contribution in [0.2, 0.25) is 0 Å². The molecule has 0 N–H and O–H groups in total. The third-order valence-corrected chi connectivity index (χ3v) is 7.59. The molecular weight excluding hydrogens is 485 g/mol. The Morgan fingerprint density at radius 2 is 1.81 bits per heavy atom. The number of hydrogen-bond acceptors (Lipinski definition) is 6. The Morgan fingerprint density at radius 1 is 1.08 bits per heavy atom. The molecule has 36 heavy (non-hydrogen) atoms. The van der Waals surface area contributed by atoms with Crippen LogP contribution < -0.4 is 9.80 Å². The van der Waals surface area contributed by atoms with E-state index in [2.05, 4.69) is 20.1 Å². The number of carbonyl (C=O) groups excluding carboxylic acids is 1. The highest BCUT2D eigenvalue weighted by atomic mass is 19.4. The fourth-order valence-corrected chi connectivity index (χ4v) is 5.47. The first-order valence-electron chi connectivity index (χ1n) is 11.5. The van der Waals surface area contributed by atoms with Crippen molar-refractivity contribution in [2.45, 2.75) is 57.8 Å². The lowest BCUT2D eigenvalue weighted by Crippen LogP contribution is -2.54. The number of rotatable bonds is 4. The van der Waals surface area contributed by atoms with Crippen LogP contribution in [0.25, 0.3) is 11.2 Å². The Bertz CT molecular complexity index is 1300. The zero-order valence-electron chi connectivity index (χ0n) is 19.6. The minimum Gasteiger partial charge on any atom is -0.355 e. The van der Waals surface area contributed by atoms with Crippen molar-refractivity contribution in [2.24, 2.45) is 5.41 Å². The third kappa shape index (κ3) is 3.94. The number of amides is 1. The van der Waals surface area contributed by atoms with Crippen molar-refractivity contribution in [3.8, 4) is 0 Å². The molecule has 3 aromatic rings. The first-order chi connectivity index (χ1) is 16.9. The van der Waals surface area contributed by atoms with Gasteiger partial charge in [-0.05, 0) is 38.8 Å². The molecule has 1 spiro atoms. The zero-order chi connectivity index (χ0) is 25.9. The summed E-state index contributed by atoms with van der Waals surface area (Å²) in [6.07, 6.45) is -1.74. The summed E-state index contributed by atoms with van der Waals surface area (Å²) in [5, 5.41) is 3.94. The Balaban J connectivity index is 1.38. The minimum absolute atomic E-state index is 0.0114. The number of anilines is 2. The van der Waals surface area contributed by atoms with Crippen LogP contribution in [0.15, 0.2) is 30.7 Å². The van der Waals surface area contributed by atoms with Gasteiger partial charge in [0.15, 0.2) is 5.65 Å². The SMILES string of the molecule is CC1(C)N(c2cc(C(F)(F)F)ccn2)C(=O)CC12CCN(c1cnc3cnn(CC(F)F)c3n1)CC2. The van der Waals surface area contributed by atoms with Gasteiger partial charge in [-0.15, -0.1) is 0 Å². The number of piperidine rings is 1. The molecule has 192 valence electrons. The fraction of sp³-hybridized carbons (Fsp3) is 0.522. The van der Waals surface area contributed by atoms with E-state index in [9.17, 15) is 26.7 Å². The summed E-state index contributed by atoms with van der Waals surface area (Å²) in [5.74, 6) is 0.243. The molecule has 0 saturated carbocycles. The van der Waals surface area contributed by atoms with Crippen LogP contribution in [0.4, 0.5) is 33.6 Å². The minimum atomic E-state index is -4.54. The van der Waals surface area contributed by atoms with Crippen molar-refractivity contribution >= 4 is 28.7 Å². The lowest BCUT2D eigenvalue weighted by Gasteiger charge is -2.49. The van der Waals surface area contributed by atoms with Crippen LogP contribution in [0.5, 0.6) is 0 Å². The monoisotopic (exact) mass is 509 g/mol. The predicted molar refractivity (Wildman–Crippen MR) is 121 cm³/mol. The first-order valence-corrected chi connectivity index (χ1v) is 11.5. The highest BCUT2D eigenvalue weighted by molar-refractivity contribution is 5.97. The first kappa shape index (κ1) is 24.3. The van der Waals surface area contributed by atoms with E-state index >= 15 is 0 Å². The molecule has 13 heteroatoms. The van der Waals surface area contributed by atoms with Crippen LogP contribution in [0.1, 0.15) is 38.7 Å². The topological polar surface area (TPSA) is 80.0 Å².